The first-order valence-corrected chi connectivity index (χ1v) is 5.20. The van der Waals surface area contributed by atoms with Crippen molar-refractivity contribution in [2.24, 2.45) is 0 Å². The molecule has 0 aliphatic carbocycles. The fourth-order valence-corrected chi connectivity index (χ4v) is 2.05. The van der Waals surface area contributed by atoms with Crippen LogP contribution in [0.5, 0.6) is 0 Å². The standard InChI is InChI=1S/C12H7ClN2O/c13-10-5-7-15(16)12-9(10)4-3-8-2-1-6-14-11(8)12/h1-7H. The van der Waals surface area contributed by atoms with E-state index in [2.05, 4.69) is 4.98 Å². The molecule has 0 spiro atoms. The molecule has 78 valence electrons. The van der Waals surface area contributed by atoms with Gasteiger partial charge in [0.05, 0.1) is 10.4 Å². The summed E-state index contributed by atoms with van der Waals surface area (Å²) in [5.41, 5.74) is 1.20. The van der Waals surface area contributed by atoms with Gasteiger partial charge in [-0.05, 0) is 12.1 Å². The van der Waals surface area contributed by atoms with E-state index >= 15 is 0 Å². The highest BCUT2D eigenvalue weighted by molar-refractivity contribution is 6.35. The highest BCUT2D eigenvalue weighted by Gasteiger charge is 2.12. The minimum atomic E-state index is 0.519. The summed E-state index contributed by atoms with van der Waals surface area (Å²) < 4.78 is 0.802. The van der Waals surface area contributed by atoms with Gasteiger partial charge in [0.25, 0.3) is 5.52 Å². The molecule has 0 aliphatic rings. The SMILES string of the molecule is [O-][n+]1ccc(Cl)c2ccc3cccnc3c21. The molecule has 3 nitrogen and oxygen atoms in total. The second-order valence-corrected chi connectivity index (χ2v) is 3.93. The Hall–Kier alpha value is -1.87. The molecule has 0 atom stereocenters. The number of hydrogen-bond acceptors (Lipinski definition) is 2. The van der Waals surface area contributed by atoms with Gasteiger partial charge < -0.3 is 5.21 Å². The van der Waals surface area contributed by atoms with Crippen molar-refractivity contribution in [3.8, 4) is 0 Å². The summed E-state index contributed by atoms with van der Waals surface area (Å²) >= 11 is 6.05. The van der Waals surface area contributed by atoms with Crippen molar-refractivity contribution in [2.75, 3.05) is 0 Å². The molecule has 0 radical (unpaired) electrons. The molecule has 0 bridgehead atoms. The van der Waals surface area contributed by atoms with Crippen molar-refractivity contribution < 1.29 is 4.73 Å². The van der Waals surface area contributed by atoms with E-state index in [4.69, 9.17) is 11.6 Å². The van der Waals surface area contributed by atoms with Gasteiger partial charge in [-0.3, -0.25) is 0 Å². The average Bonchev–Trinajstić information content (AvgIpc) is 2.33. The van der Waals surface area contributed by atoms with Gasteiger partial charge in [-0.25, -0.2) is 4.98 Å². The molecule has 2 aromatic heterocycles. The van der Waals surface area contributed by atoms with Gasteiger partial charge in [-0.2, -0.15) is 4.73 Å². The predicted octanol–water partition coefficient (Wildman–Crippen LogP) is 2.67. The van der Waals surface area contributed by atoms with E-state index in [-0.39, 0.29) is 0 Å². The molecular formula is C12H7ClN2O. The fourth-order valence-electron chi connectivity index (χ4n) is 1.84. The Morgan fingerprint density at radius 2 is 2.06 bits per heavy atom. The Labute approximate surface area is 96.5 Å². The first kappa shape index (κ1) is 9.36. The van der Waals surface area contributed by atoms with Gasteiger partial charge in [0.15, 0.2) is 6.20 Å². The topological polar surface area (TPSA) is 39.8 Å². The lowest BCUT2D eigenvalue weighted by atomic mass is 10.1. The number of fused-ring (bicyclic) bond motifs is 3. The molecule has 0 fully saturated rings. The van der Waals surface area contributed by atoms with Crippen LogP contribution in [0.4, 0.5) is 0 Å². The maximum Gasteiger partial charge on any atom is 0.251 e. The summed E-state index contributed by atoms with van der Waals surface area (Å²) in [6, 6.07) is 9.11. The van der Waals surface area contributed by atoms with Gasteiger partial charge in [0.2, 0.25) is 0 Å². The van der Waals surface area contributed by atoms with Crippen LogP contribution in [0, 0.1) is 5.21 Å². The van der Waals surface area contributed by atoms with Gasteiger partial charge in [-0.1, -0.05) is 23.7 Å². The third-order valence-corrected chi connectivity index (χ3v) is 2.91. The molecule has 2 heterocycles. The molecule has 4 heteroatoms. The van der Waals surface area contributed by atoms with E-state index in [1.54, 1.807) is 12.3 Å². The summed E-state index contributed by atoms with van der Waals surface area (Å²) in [7, 11) is 0. The number of aromatic nitrogens is 2. The van der Waals surface area contributed by atoms with E-state index in [0.29, 0.717) is 16.1 Å². The van der Waals surface area contributed by atoms with E-state index in [9.17, 15) is 5.21 Å². The molecule has 0 unspecified atom stereocenters. The number of pyridine rings is 2. The Kier molecular flexibility index (Phi) is 1.94. The summed E-state index contributed by atoms with van der Waals surface area (Å²) in [5.74, 6) is 0. The van der Waals surface area contributed by atoms with Gasteiger partial charge in [-0.15, -0.1) is 0 Å². The zero-order chi connectivity index (χ0) is 11.1. The first-order chi connectivity index (χ1) is 7.77. The molecule has 3 aromatic rings. The summed E-state index contributed by atoms with van der Waals surface area (Å²) in [6.07, 6.45) is 3.07. The Balaban J connectivity index is 2.64. The van der Waals surface area contributed by atoms with Crippen molar-refractivity contribution in [2.45, 2.75) is 0 Å². The molecule has 0 saturated carbocycles. The molecular weight excluding hydrogens is 224 g/mol. The third-order valence-electron chi connectivity index (χ3n) is 2.58. The van der Waals surface area contributed by atoms with Crippen LogP contribution in [0.25, 0.3) is 21.8 Å². The lowest BCUT2D eigenvalue weighted by molar-refractivity contribution is -0.576. The Bertz CT molecular complexity index is 697. The molecule has 0 amide bonds. The lowest BCUT2D eigenvalue weighted by Gasteiger charge is -2.05. The third kappa shape index (κ3) is 1.22. The monoisotopic (exact) mass is 230 g/mol. The van der Waals surface area contributed by atoms with Crippen molar-refractivity contribution in [1.29, 1.82) is 0 Å². The molecule has 1 aromatic carbocycles. The molecule has 0 aliphatic heterocycles. The van der Waals surface area contributed by atoms with E-state index in [1.165, 1.54) is 6.20 Å². The van der Waals surface area contributed by atoms with Crippen LogP contribution in [0.2, 0.25) is 5.02 Å². The molecule has 0 N–H and O–H groups in total. The maximum atomic E-state index is 11.8. The second kappa shape index (κ2) is 3.32. The number of nitrogens with zero attached hydrogens (tertiary/aromatic N) is 2. The van der Waals surface area contributed by atoms with E-state index < -0.39 is 0 Å². The van der Waals surface area contributed by atoms with Crippen molar-refractivity contribution in [1.82, 2.24) is 4.98 Å². The quantitative estimate of drug-likeness (QED) is 0.338. The smallest absolute Gasteiger partial charge is 0.251 e. The van der Waals surface area contributed by atoms with Crippen LogP contribution in [0.1, 0.15) is 0 Å². The molecule has 3 rings (SSSR count). The Morgan fingerprint density at radius 3 is 2.94 bits per heavy atom. The molecule has 0 saturated heterocycles. The summed E-state index contributed by atoms with van der Waals surface area (Å²) in [5, 5.41) is 14.0. The first-order valence-electron chi connectivity index (χ1n) is 4.82. The predicted molar refractivity (Wildman–Crippen MR) is 63.2 cm³/mol. The van der Waals surface area contributed by atoms with E-state index in [1.807, 2.05) is 24.3 Å². The number of rotatable bonds is 0. The van der Waals surface area contributed by atoms with Crippen LogP contribution >= 0.6 is 11.6 Å². The van der Waals surface area contributed by atoms with Crippen LogP contribution in [-0.2, 0) is 0 Å². The van der Waals surface area contributed by atoms with Crippen molar-refractivity contribution in [3.05, 3.63) is 53.0 Å². The highest BCUT2D eigenvalue weighted by atomic mass is 35.5. The minimum Gasteiger partial charge on any atom is -0.618 e. The van der Waals surface area contributed by atoms with E-state index in [0.717, 1.165) is 15.5 Å². The average molecular weight is 231 g/mol. The van der Waals surface area contributed by atoms with Crippen LogP contribution in [0.15, 0.2) is 42.7 Å². The maximum absolute atomic E-state index is 11.8. The minimum absolute atomic E-state index is 0.519. The normalized spacial score (nSPS) is 11.1. The van der Waals surface area contributed by atoms with Gasteiger partial charge in [0.1, 0.15) is 5.52 Å². The van der Waals surface area contributed by atoms with Crippen LogP contribution in [-0.4, -0.2) is 4.98 Å². The summed E-state index contributed by atoms with van der Waals surface area (Å²) in [6.45, 7) is 0. The number of halogens is 1. The van der Waals surface area contributed by atoms with Crippen molar-refractivity contribution in [3.63, 3.8) is 0 Å². The number of hydrogen-bond donors (Lipinski definition) is 0. The largest absolute Gasteiger partial charge is 0.618 e. The zero-order valence-electron chi connectivity index (χ0n) is 8.22. The summed E-state index contributed by atoms with van der Waals surface area (Å²) in [4.78, 5) is 4.23. The van der Waals surface area contributed by atoms with Gasteiger partial charge in [0, 0.05) is 17.6 Å². The Morgan fingerprint density at radius 1 is 1.19 bits per heavy atom. The fraction of sp³-hybridized carbons (Fsp3) is 0. The van der Waals surface area contributed by atoms with Crippen LogP contribution < -0.4 is 4.73 Å². The lowest BCUT2D eigenvalue weighted by Crippen LogP contribution is -2.26. The molecule has 16 heavy (non-hydrogen) atoms. The van der Waals surface area contributed by atoms with Crippen LogP contribution in [0.3, 0.4) is 0 Å². The number of benzene rings is 1. The zero-order valence-corrected chi connectivity index (χ0v) is 8.98. The second-order valence-electron chi connectivity index (χ2n) is 3.53. The van der Waals surface area contributed by atoms with Crippen molar-refractivity contribution >= 4 is 33.4 Å². The van der Waals surface area contributed by atoms with Gasteiger partial charge >= 0.3 is 0 Å². The highest BCUT2D eigenvalue weighted by Crippen LogP contribution is 2.25.